The zero-order valence-electron chi connectivity index (χ0n) is 5.88. The van der Waals surface area contributed by atoms with Crippen molar-refractivity contribution in [3.63, 3.8) is 0 Å². The smallest absolute Gasteiger partial charge is 0.0319 e. The Labute approximate surface area is 127 Å². The molecule has 0 fully saturated rings. The minimum atomic E-state index is 0. The zero-order valence-corrected chi connectivity index (χ0v) is 7.29. The Balaban J connectivity index is 0. The van der Waals surface area contributed by atoms with Crippen LogP contribution in [0.4, 0.5) is 5.69 Å². The third kappa shape index (κ3) is 5.51. The van der Waals surface area contributed by atoms with Crippen LogP contribution in [0.5, 0.6) is 0 Å². The Morgan fingerprint density at radius 2 is 1.91 bits per heavy atom. The van der Waals surface area contributed by atoms with Gasteiger partial charge in [0.25, 0.3) is 0 Å². The normalized spacial score (nSPS) is 7.27. The molecule has 3 heteroatoms. The first-order valence-electron chi connectivity index (χ1n) is 2.81. The molecule has 0 unspecified atom stereocenters. The van der Waals surface area contributed by atoms with Crippen LogP contribution in [-0.2, 0) is 0 Å². The summed E-state index contributed by atoms with van der Waals surface area (Å²) in [5, 5.41) is 0. The fourth-order valence-corrected chi connectivity index (χ4v) is 0.686. The van der Waals surface area contributed by atoms with E-state index in [2.05, 4.69) is 6.58 Å². The molecule has 0 aliphatic heterocycles. The first-order chi connectivity index (χ1) is 4.33. The molecule has 0 atom stereocenters. The van der Waals surface area contributed by atoms with Gasteiger partial charge in [0.15, 0.2) is 0 Å². The summed E-state index contributed by atoms with van der Waals surface area (Å²) < 4.78 is 0. The predicted octanol–water partition coefficient (Wildman–Crippen LogP) is 1.91. The molecular weight excluding hydrogens is 190 g/mol. The van der Waals surface area contributed by atoms with Crippen molar-refractivity contribution in [3.05, 3.63) is 36.4 Å². The molecule has 0 saturated heterocycles. The largest absolute Gasteiger partial charge is 0.399 e. The van der Waals surface area contributed by atoms with Gasteiger partial charge in [0.05, 0.1) is 0 Å². The van der Waals surface area contributed by atoms with Gasteiger partial charge >= 0.3 is 0 Å². The molecule has 1 nitrogen and oxygen atoms in total. The summed E-state index contributed by atoms with van der Waals surface area (Å²) in [6.45, 7) is 3.62. The van der Waals surface area contributed by atoms with E-state index < -0.39 is 0 Å². The van der Waals surface area contributed by atoms with E-state index in [1.54, 1.807) is 6.08 Å². The van der Waals surface area contributed by atoms with Crippen LogP contribution in [0, 0.1) is 75.5 Å². The van der Waals surface area contributed by atoms with Gasteiger partial charge in [-0.2, -0.15) is 0 Å². The van der Waals surface area contributed by atoms with E-state index in [0.29, 0.717) is 0 Å². The Morgan fingerprint density at radius 1 is 1.27 bits per heavy atom. The Morgan fingerprint density at radius 3 is 2.27 bits per heavy atom. The van der Waals surface area contributed by atoms with Gasteiger partial charge in [-0.3, -0.25) is 0 Å². The molecule has 11 heavy (non-hydrogen) atoms. The van der Waals surface area contributed by atoms with Crippen LogP contribution < -0.4 is 5.73 Å². The van der Waals surface area contributed by atoms with Crippen molar-refractivity contribution in [1.82, 2.24) is 0 Å². The summed E-state index contributed by atoms with van der Waals surface area (Å²) >= 11 is 0. The average Bonchev–Trinajstić information content (AvgIpc) is 1.88. The Kier molecular flexibility index (Phi) is 10.6. The van der Waals surface area contributed by atoms with Crippen molar-refractivity contribution in [2.24, 2.45) is 0 Å². The van der Waals surface area contributed by atoms with E-state index >= 15 is 0 Å². The SMILES string of the molecule is C=Cc1cccc(N)c1.[Ar].[Ar]. The molecule has 2 N–H and O–H groups in total. The molecular formula is C8H9Ar2N. The Hall–Kier alpha value is 1.28. The number of rotatable bonds is 1. The molecule has 0 spiro atoms. The molecule has 1 aromatic rings. The van der Waals surface area contributed by atoms with Gasteiger partial charge in [-0.15, -0.1) is 0 Å². The van der Waals surface area contributed by atoms with Crippen molar-refractivity contribution in [2.75, 3.05) is 5.73 Å². The van der Waals surface area contributed by atoms with E-state index in [9.17, 15) is 0 Å². The molecule has 0 bridgehead atoms. The molecule has 0 radical (unpaired) electrons. The fourth-order valence-electron chi connectivity index (χ4n) is 0.686. The van der Waals surface area contributed by atoms with E-state index in [4.69, 9.17) is 5.73 Å². The van der Waals surface area contributed by atoms with Gasteiger partial charge < -0.3 is 5.73 Å². The zero-order chi connectivity index (χ0) is 6.69. The number of nitrogens with two attached hydrogens (primary N) is 1. The molecule has 0 aliphatic rings. The molecule has 0 saturated carbocycles. The van der Waals surface area contributed by atoms with Crippen molar-refractivity contribution in [3.8, 4) is 0 Å². The van der Waals surface area contributed by atoms with Gasteiger partial charge in [0.1, 0.15) is 0 Å². The van der Waals surface area contributed by atoms with Gasteiger partial charge in [-0.05, 0) is 17.7 Å². The quantitative estimate of drug-likeness (QED) is 0.687. The number of hydrogen-bond acceptors (Lipinski definition) is 1. The van der Waals surface area contributed by atoms with Crippen LogP contribution in [0.2, 0.25) is 0 Å². The molecule has 1 aromatic carbocycles. The monoisotopic (exact) mass is 199 g/mol. The van der Waals surface area contributed by atoms with E-state index in [-0.39, 0.29) is 75.5 Å². The van der Waals surface area contributed by atoms with Crippen LogP contribution in [0.3, 0.4) is 0 Å². The number of nitrogen functional groups attached to an aromatic ring is 1. The van der Waals surface area contributed by atoms with E-state index in [1.165, 1.54) is 0 Å². The first kappa shape index (κ1) is 14.8. The summed E-state index contributed by atoms with van der Waals surface area (Å²) in [5.74, 6) is 0. The van der Waals surface area contributed by atoms with Crippen LogP contribution >= 0.6 is 0 Å². The maximum absolute atomic E-state index is 5.49. The summed E-state index contributed by atoms with van der Waals surface area (Å²) in [5.41, 5.74) is 7.34. The third-order valence-electron chi connectivity index (χ3n) is 1.15. The van der Waals surface area contributed by atoms with Gasteiger partial charge in [-0.25, -0.2) is 0 Å². The average molecular weight is 199 g/mol. The van der Waals surface area contributed by atoms with Crippen LogP contribution in [0.1, 0.15) is 5.56 Å². The standard InChI is InChI=1S/C8H9N.2Ar/c1-2-7-4-3-5-8(9)6-7;;/h2-6H,1,9H2;;. The number of hydrogen-bond donors (Lipinski definition) is 1. The topological polar surface area (TPSA) is 26.0 Å². The predicted molar refractivity (Wildman–Crippen MR) is 40.9 cm³/mol. The first-order valence-corrected chi connectivity index (χ1v) is 2.81. The molecule has 62 valence electrons. The Bertz CT molecular complexity index is 223. The maximum atomic E-state index is 5.49. The minimum absolute atomic E-state index is 0. The second-order valence-electron chi connectivity index (χ2n) is 1.87. The molecule has 0 aromatic heterocycles. The van der Waals surface area contributed by atoms with Crippen LogP contribution in [0.25, 0.3) is 6.08 Å². The molecule has 0 aliphatic carbocycles. The van der Waals surface area contributed by atoms with Gasteiger partial charge in [0, 0.05) is 81.2 Å². The van der Waals surface area contributed by atoms with Crippen LogP contribution in [-0.4, -0.2) is 0 Å². The second-order valence-corrected chi connectivity index (χ2v) is 1.87. The summed E-state index contributed by atoms with van der Waals surface area (Å²) in [6.07, 6.45) is 1.77. The molecule has 0 heterocycles. The van der Waals surface area contributed by atoms with E-state index in [0.717, 1.165) is 11.3 Å². The molecule has 0 amide bonds. The maximum Gasteiger partial charge on any atom is 0.0319 e. The second kappa shape index (κ2) is 7.90. The fraction of sp³-hybridized carbons (Fsp3) is 0. The summed E-state index contributed by atoms with van der Waals surface area (Å²) in [4.78, 5) is 0. The third-order valence-corrected chi connectivity index (χ3v) is 1.15. The summed E-state index contributed by atoms with van der Waals surface area (Å²) in [7, 11) is 0. The minimum Gasteiger partial charge on any atom is -0.399 e. The van der Waals surface area contributed by atoms with E-state index in [1.807, 2.05) is 24.3 Å². The number of benzene rings is 1. The van der Waals surface area contributed by atoms with Crippen molar-refractivity contribution >= 4 is 11.8 Å². The van der Waals surface area contributed by atoms with Gasteiger partial charge in [-0.1, -0.05) is 24.8 Å². The van der Waals surface area contributed by atoms with Crippen molar-refractivity contribution in [2.45, 2.75) is 0 Å². The van der Waals surface area contributed by atoms with Crippen LogP contribution in [0.15, 0.2) is 30.8 Å². The van der Waals surface area contributed by atoms with Crippen molar-refractivity contribution < 1.29 is 75.5 Å². The molecule has 1 rings (SSSR count). The number of anilines is 1. The van der Waals surface area contributed by atoms with Gasteiger partial charge in [0.2, 0.25) is 0 Å². The summed E-state index contributed by atoms with van der Waals surface area (Å²) in [6, 6.07) is 7.61. The van der Waals surface area contributed by atoms with Crippen molar-refractivity contribution in [1.29, 1.82) is 0 Å².